The molecule has 1 aliphatic rings. The number of carbonyl (C=O) groups excluding carboxylic acids is 1. The number of nitriles is 1. The van der Waals surface area contributed by atoms with Crippen LogP contribution in [0.3, 0.4) is 0 Å². The number of halogens is 1. The van der Waals surface area contributed by atoms with Gasteiger partial charge in [0.1, 0.15) is 37.4 Å². The van der Waals surface area contributed by atoms with E-state index in [1.54, 1.807) is 48.5 Å². The van der Waals surface area contributed by atoms with Crippen LogP contribution < -0.4 is 19.5 Å². The number of nitrogens with one attached hydrogen (secondary N) is 1. The summed E-state index contributed by atoms with van der Waals surface area (Å²) in [4.78, 5) is 12.4. The number of ether oxygens (including phenoxy) is 3. The Morgan fingerprint density at radius 3 is 2.87 bits per heavy atom. The van der Waals surface area contributed by atoms with Gasteiger partial charge in [0.15, 0.2) is 17.3 Å². The summed E-state index contributed by atoms with van der Waals surface area (Å²) in [6.07, 6.45) is 0. The van der Waals surface area contributed by atoms with Gasteiger partial charge in [-0.25, -0.2) is 0 Å². The second-order valence-electron chi connectivity index (χ2n) is 6.45. The third kappa shape index (κ3) is 4.34. The maximum atomic E-state index is 12.4. The summed E-state index contributed by atoms with van der Waals surface area (Å²) in [5.41, 5.74) is 1.21. The Kier molecular flexibility index (Phi) is 5.77. The average Bonchev–Trinajstić information content (AvgIpc) is 3.25. The van der Waals surface area contributed by atoms with Crippen molar-refractivity contribution in [2.75, 3.05) is 13.2 Å². The van der Waals surface area contributed by atoms with Crippen LogP contribution in [0.25, 0.3) is 0 Å². The zero-order chi connectivity index (χ0) is 20.9. The van der Waals surface area contributed by atoms with E-state index in [4.69, 9.17) is 35.5 Å². The van der Waals surface area contributed by atoms with Gasteiger partial charge in [0.05, 0.1) is 10.6 Å². The lowest BCUT2D eigenvalue weighted by atomic mass is 10.2. The number of benzene rings is 2. The number of hydrogen-bond acceptors (Lipinski definition) is 6. The molecule has 152 valence electrons. The molecule has 0 aliphatic carbocycles. The highest BCUT2D eigenvalue weighted by Crippen LogP contribution is 2.38. The van der Waals surface area contributed by atoms with Gasteiger partial charge in [0.2, 0.25) is 0 Å². The zero-order valence-electron chi connectivity index (χ0n) is 15.8. The number of furan rings is 1. The normalized spacial score (nSPS) is 12.1. The molecule has 30 heavy (non-hydrogen) atoms. The van der Waals surface area contributed by atoms with E-state index < -0.39 is 0 Å². The molecule has 7 nitrogen and oxygen atoms in total. The summed E-state index contributed by atoms with van der Waals surface area (Å²) in [7, 11) is 0. The molecule has 0 saturated carbocycles. The van der Waals surface area contributed by atoms with E-state index >= 15 is 0 Å². The molecule has 4 rings (SSSR count). The molecule has 3 aromatic rings. The first-order valence-corrected chi connectivity index (χ1v) is 9.58. The van der Waals surface area contributed by atoms with Crippen LogP contribution in [0.5, 0.6) is 17.2 Å². The minimum absolute atomic E-state index is 0.101. The SMILES string of the molecule is N#Cc1ccccc1OCc1ccc(C(=O)NCc2cc(Cl)c3c(c2)OCCO3)o1. The van der Waals surface area contributed by atoms with Gasteiger partial charge in [-0.3, -0.25) is 4.79 Å². The van der Waals surface area contributed by atoms with Crippen molar-refractivity contribution in [3.05, 3.63) is 76.2 Å². The topological polar surface area (TPSA) is 93.7 Å². The van der Waals surface area contributed by atoms with E-state index in [1.165, 1.54) is 0 Å². The van der Waals surface area contributed by atoms with Gasteiger partial charge >= 0.3 is 0 Å². The maximum Gasteiger partial charge on any atom is 0.287 e. The Hall–Kier alpha value is -3.63. The van der Waals surface area contributed by atoms with Crippen LogP contribution in [-0.4, -0.2) is 19.1 Å². The lowest BCUT2D eigenvalue weighted by molar-refractivity contribution is 0.0919. The van der Waals surface area contributed by atoms with E-state index in [0.717, 1.165) is 5.56 Å². The van der Waals surface area contributed by atoms with Gasteiger partial charge in [-0.05, 0) is 42.0 Å². The van der Waals surface area contributed by atoms with E-state index in [0.29, 0.717) is 46.8 Å². The van der Waals surface area contributed by atoms with Crippen molar-refractivity contribution in [2.24, 2.45) is 0 Å². The number of para-hydroxylation sites is 1. The molecule has 0 saturated heterocycles. The molecule has 1 aliphatic heterocycles. The van der Waals surface area contributed by atoms with Crippen LogP contribution in [0.15, 0.2) is 52.9 Å². The average molecular weight is 425 g/mol. The third-order valence-corrected chi connectivity index (χ3v) is 4.65. The lowest BCUT2D eigenvalue weighted by Gasteiger charge is -2.20. The number of fused-ring (bicyclic) bond motifs is 1. The largest absolute Gasteiger partial charge is 0.486 e. The second-order valence-corrected chi connectivity index (χ2v) is 6.85. The van der Waals surface area contributed by atoms with Crippen molar-refractivity contribution < 1.29 is 23.4 Å². The van der Waals surface area contributed by atoms with Crippen molar-refractivity contribution in [3.8, 4) is 23.3 Å². The van der Waals surface area contributed by atoms with Gasteiger partial charge < -0.3 is 23.9 Å². The molecule has 0 spiro atoms. The van der Waals surface area contributed by atoms with Crippen molar-refractivity contribution in [2.45, 2.75) is 13.2 Å². The smallest absolute Gasteiger partial charge is 0.287 e. The fourth-order valence-corrected chi connectivity index (χ4v) is 3.23. The number of nitrogens with zero attached hydrogens (tertiary/aromatic N) is 1. The summed E-state index contributed by atoms with van der Waals surface area (Å²) in [5, 5.41) is 12.3. The predicted molar refractivity (Wildman–Crippen MR) is 108 cm³/mol. The highest BCUT2D eigenvalue weighted by molar-refractivity contribution is 6.32. The maximum absolute atomic E-state index is 12.4. The summed E-state index contributed by atoms with van der Waals surface area (Å²) in [6.45, 7) is 1.26. The molecule has 0 fully saturated rings. The summed E-state index contributed by atoms with van der Waals surface area (Å²) < 4.78 is 22.2. The molecule has 0 unspecified atom stereocenters. The number of rotatable bonds is 6. The fourth-order valence-electron chi connectivity index (χ4n) is 2.95. The Morgan fingerprint density at radius 1 is 1.17 bits per heavy atom. The Balaban J connectivity index is 1.35. The van der Waals surface area contributed by atoms with Crippen LogP contribution in [0.2, 0.25) is 5.02 Å². The van der Waals surface area contributed by atoms with Crippen LogP contribution in [0.1, 0.15) is 27.4 Å². The molecule has 2 aromatic carbocycles. The van der Waals surface area contributed by atoms with Crippen molar-refractivity contribution in [3.63, 3.8) is 0 Å². The number of hydrogen-bond donors (Lipinski definition) is 1. The van der Waals surface area contributed by atoms with Crippen molar-refractivity contribution in [1.29, 1.82) is 5.26 Å². The lowest BCUT2D eigenvalue weighted by Crippen LogP contribution is -2.22. The molecule has 1 aromatic heterocycles. The molecule has 0 radical (unpaired) electrons. The van der Waals surface area contributed by atoms with E-state index in [-0.39, 0.29) is 24.8 Å². The molecule has 8 heteroatoms. The first-order valence-electron chi connectivity index (χ1n) is 9.21. The third-order valence-electron chi connectivity index (χ3n) is 4.37. The van der Waals surface area contributed by atoms with E-state index in [9.17, 15) is 4.79 Å². The van der Waals surface area contributed by atoms with Gasteiger partial charge in [-0.15, -0.1) is 0 Å². The zero-order valence-corrected chi connectivity index (χ0v) is 16.6. The summed E-state index contributed by atoms with van der Waals surface area (Å²) in [6, 6.07) is 15.7. The molecule has 1 amide bonds. The van der Waals surface area contributed by atoms with Crippen LogP contribution in [-0.2, 0) is 13.2 Å². The molecular weight excluding hydrogens is 408 g/mol. The van der Waals surface area contributed by atoms with Crippen molar-refractivity contribution in [1.82, 2.24) is 5.32 Å². The van der Waals surface area contributed by atoms with E-state index in [1.807, 2.05) is 0 Å². The molecular formula is C22H17ClN2O5. The Bertz CT molecular complexity index is 1120. The predicted octanol–water partition coefficient (Wildman–Crippen LogP) is 4.08. The van der Waals surface area contributed by atoms with Crippen LogP contribution in [0.4, 0.5) is 0 Å². The minimum atomic E-state index is -0.371. The second kappa shape index (κ2) is 8.80. The fraction of sp³-hybridized carbons (Fsp3) is 0.182. The monoisotopic (exact) mass is 424 g/mol. The van der Waals surface area contributed by atoms with Gasteiger partial charge in [0.25, 0.3) is 5.91 Å². The molecule has 2 heterocycles. The van der Waals surface area contributed by atoms with Gasteiger partial charge in [-0.1, -0.05) is 23.7 Å². The highest BCUT2D eigenvalue weighted by Gasteiger charge is 2.18. The summed E-state index contributed by atoms with van der Waals surface area (Å²) >= 11 is 6.22. The van der Waals surface area contributed by atoms with Crippen molar-refractivity contribution >= 4 is 17.5 Å². The number of amides is 1. The molecule has 0 atom stereocenters. The Morgan fingerprint density at radius 2 is 2.00 bits per heavy atom. The van der Waals surface area contributed by atoms with Crippen LogP contribution >= 0.6 is 11.6 Å². The highest BCUT2D eigenvalue weighted by atomic mass is 35.5. The van der Waals surface area contributed by atoms with Gasteiger partial charge in [0, 0.05) is 6.54 Å². The standard InChI is InChI=1S/C22H17ClN2O5/c23-17-9-14(10-20-21(17)28-8-7-27-20)12-25-22(26)19-6-5-16(30-19)13-29-18-4-2-1-3-15(18)11-24/h1-6,9-10H,7-8,12-13H2,(H,25,26). The number of carbonyl (C=O) groups is 1. The minimum Gasteiger partial charge on any atom is -0.486 e. The molecule has 0 bridgehead atoms. The first-order chi connectivity index (χ1) is 14.6. The Labute approximate surface area is 177 Å². The summed E-state index contributed by atoms with van der Waals surface area (Å²) in [5.74, 6) is 1.79. The molecule has 1 N–H and O–H groups in total. The van der Waals surface area contributed by atoms with Crippen LogP contribution in [0, 0.1) is 11.3 Å². The quantitative estimate of drug-likeness (QED) is 0.640. The first kappa shape index (κ1) is 19.7. The van der Waals surface area contributed by atoms with E-state index in [2.05, 4.69) is 11.4 Å². The van der Waals surface area contributed by atoms with Gasteiger partial charge in [-0.2, -0.15) is 5.26 Å².